The van der Waals surface area contributed by atoms with E-state index >= 15 is 0 Å². The summed E-state index contributed by atoms with van der Waals surface area (Å²) in [6.45, 7) is 7.22. The summed E-state index contributed by atoms with van der Waals surface area (Å²) in [6.07, 6.45) is 4.46. The molecule has 0 aliphatic heterocycles. The summed E-state index contributed by atoms with van der Waals surface area (Å²) in [7, 11) is 0. The van der Waals surface area contributed by atoms with Crippen LogP contribution in [0.25, 0.3) is 0 Å². The highest BCUT2D eigenvalue weighted by Crippen LogP contribution is 2.22. The van der Waals surface area contributed by atoms with Crippen molar-refractivity contribution in [3.8, 4) is 0 Å². The summed E-state index contributed by atoms with van der Waals surface area (Å²) >= 11 is 1.78. The van der Waals surface area contributed by atoms with Crippen molar-refractivity contribution >= 4 is 11.3 Å². The summed E-state index contributed by atoms with van der Waals surface area (Å²) in [6, 6.07) is 2.27. The van der Waals surface area contributed by atoms with Crippen LogP contribution in [0.15, 0.2) is 18.5 Å². The van der Waals surface area contributed by atoms with Gasteiger partial charge in [-0.25, -0.2) is 4.98 Å². The number of thiazole rings is 1. The van der Waals surface area contributed by atoms with Gasteiger partial charge < -0.3 is 5.32 Å². The Morgan fingerprint density at radius 2 is 2.17 bits per heavy atom. The molecule has 18 heavy (non-hydrogen) atoms. The van der Waals surface area contributed by atoms with Crippen LogP contribution in [-0.2, 0) is 6.42 Å². The number of nitrogens with zero attached hydrogens (tertiary/aromatic N) is 3. The Balaban J connectivity index is 2.16. The van der Waals surface area contributed by atoms with E-state index in [1.54, 1.807) is 17.5 Å². The molecule has 0 spiro atoms. The number of nitrogens with one attached hydrogen (secondary N) is 1. The first kappa shape index (κ1) is 13.1. The van der Waals surface area contributed by atoms with Crippen LogP contribution in [0, 0.1) is 13.8 Å². The van der Waals surface area contributed by atoms with Gasteiger partial charge in [-0.05, 0) is 32.0 Å². The Bertz CT molecular complexity index is 475. The molecule has 1 N–H and O–H groups in total. The maximum Gasteiger partial charge on any atom is 0.0949 e. The molecule has 0 fully saturated rings. The van der Waals surface area contributed by atoms with Gasteiger partial charge in [-0.3, -0.25) is 0 Å². The van der Waals surface area contributed by atoms with Gasteiger partial charge in [-0.2, -0.15) is 10.2 Å². The van der Waals surface area contributed by atoms with Crippen LogP contribution in [0.5, 0.6) is 0 Å². The molecular formula is C13H18N4S. The standard InChI is InChI=1S/C13H18N4S/c1-4-14-12(11-5-6-15-16-8-11)7-13-17-9(2)10(3)18-13/h5-6,8,12,14H,4,7H2,1-3H3. The minimum absolute atomic E-state index is 0.260. The molecule has 0 saturated heterocycles. The topological polar surface area (TPSA) is 50.7 Å². The number of hydrogen-bond donors (Lipinski definition) is 1. The molecule has 2 aromatic rings. The maximum absolute atomic E-state index is 4.60. The summed E-state index contributed by atoms with van der Waals surface area (Å²) < 4.78 is 0. The van der Waals surface area contributed by atoms with Crippen LogP contribution in [0.3, 0.4) is 0 Å². The lowest BCUT2D eigenvalue weighted by Crippen LogP contribution is -2.23. The van der Waals surface area contributed by atoms with E-state index in [4.69, 9.17) is 0 Å². The van der Waals surface area contributed by atoms with Crippen molar-refractivity contribution in [2.75, 3.05) is 6.54 Å². The van der Waals surface area contributed by atoms with Crippen molar-refractivity contribution in [2.24, 2.45) is 0 Å². The molecule has 2 heterocycles. The molecule has 96 valence electrons. The third-order valence-corrected chi connectivity index (χ3v) is 4.01. The van der Waals surface area contributed by atoms with Gasteiger partial charge in [-0.1, -0.05) is 6.92 Å². The Kier molecular flexibility index (Phi) is 4.38. The molecule has 0 saturated carbocycles. The van der Waals surface area contributed by atoms with E-state index in [1.165, 1.54) is 9.88 Å². The minimum Gasteiger partial charge on any atom is -0.310 e. The fraction of sp³-hybridized carbons (Fsp3) is 0.462. The first-order valence-electron chi connectivity index (χ1n) is 6.13. The fourth-order valence-electron chi connectivity index (χ4n) is 1.86. The quantitative estimate of drug-likeness (QED) is 0.899. The van der Waals surface area contributed by atoms with Gasteiger partial charge in [0.2, 0.25) is 0 Å². The lowest BCUT2D eigenvalue weighted by atomic mass is 10.1. The zero-order chi connectivity index (χ0) is 13.0. The summed E-state index contributed by atoms with van der Waals surface area (Å²) in [5, 5.41) is 12.4. The molecule has 0 aliphatic rings. The number of aryl methyl sites for hydroxylation is 2. The number of hydrogen-bond acceptors (Lipinski definition) is 5. The number of likely N-dealkylation sites (N-methyl/N-ethyl adjacent to an activating group) is 1. The molecule has 5 heteroatoms. The predicted octanol–water partition coefficient (Wildman–Crippen LogP) is 2.44. The highest BCUT2D eigenvalue weighted by molar-refractivity contribution is 7.11. The van der Waals surface area contributed by atoms with E-state index in [0.29, 0.717) is 0 Å². The smallest absolute Gasteiger partial charge is 0.0949 e. The molecule has 0 aromatic carbocycles. The molecule has 0 radical (unpaired) electrons. The van der Waals surface area contributed by atoms with Crippen molar-refractivity contribution in [3.63, 3.8) is 0 Å². The van der Waals surface area contributed by atoms with E-state index in [0.717, 1.165) is 24.2 Å². The molecule has 2 rings (SSSR count). The third-order valence-electron chi connectivity index (χ3n) is 2.91. The summed E-state index contributed by atoms with van der Waals surface area (Å²) in [4.78, 5) is 5.90. The molecule has 0 bridgehead atoms. The molecule has 4 nitrogen and oxygen atoms in total. The number of aromatic nitrogens is 3. The maximum atomic E-state index is 4.60. The molecule has 1 unspecified atom stereocenters. The monoisotopic (exact) mass is 262 g/mol. The van der Waals surface area contributed by atoms with Gasteiger partial charge in [0.05, 0.1) is 16.9 Å². The van der Waals surface area contributed by atoms with Gasteiger partial charge in [0.15, 0.2) is 0 Å². The molecule has 2 aromatic heterocycles. The van der Waals surface area contributed by atoms with Crippen LogP contribution in [-0.4, -0.2) is 21.7 Å². The molecule has 0 amide bonds. The van der Waals surface area contributed by atoms with Gasteiger partial charge in [0.25, 0.3) is 0 Å². The van der Waals surface area contributed by atoms with E-state index < -0.39 is 0 Å². The van der Waals surface area contributed by atoms with E-state index in [9.17, 15) is 0 Å². The second kappa shape index (κ2) is 6.02. The molecule has 1 atom stereocenters. The SMILES string of the molecule is CCNC(Cc1nc(C)c(C)s1)c1ccnnc1. The average Bonchev–Trinajstić information content (AvgIpc) is 2.69. The Morgan fingerprint density at radius 3 is 2.72 bits per heavy atom. The van der Waals surface area contributed by atoms with Crippen LogP contribution in [0.1, 0.15) is 34.1 Å². The highest BCUT2D eigenvalue weighted by atomic mass is 32.1. The van der Waals surface area contributed by atoms with Crippen LogP contribution < -0.4 is 5.32 Å². The zero-order valence-corrected chi connectivity index (χ0v) is 11.8. The van der Waals surface area contributed by atoms with Crippen LogP contribution in [0.4, 0.5) is 0 Å². The van der Waals surface area contributed by atoms with Gasteiger partial charge in [0.1, 0.15) is 0 Å². The van der Waals surface area contributed by atoms with Crippen molar-refractivity contribution in [1.29, 1.82) is 0 Å². The lowest BCUT2D eigenvalue weighted by Gasteiger charge is -2.16. The van der Waals surface area contributed by atoms with Gasteiger partial charge in [-0.15, -0.1) is 11.3 Å². The van der Waals surface area contributed by atoms with Crippen LogP contribution in [0.2, 0.25) is 0 Å². The fourth-order valence-corrected chi connectivity index (χ4v) is 2.84. The van der Waals surface area contributed by atoms with Gasteiger partial charge >= 0.3 is 0 Å². The number of rotatable bonds is 5. The minimum atomic E-state index is 0.260. The molecular weight excluding hydrogens is 244 g/mol. The zero-order valence-electron chi connectivity index (χ0n) is 11.0. The van der Waals surface area contributed by atoms with E-state index in [2.05, 4.69) is 41.3 Å². The Hall–Kier alpha value is -1.33. The van der Waals surface area contributed by atoms with Crippen molar-refractivity contribution < 1.29 is 0 Å². The molecule has 0 aliphatic carbocycles. The summed E-state index contributed by atoms with van der Waals surface area (Å²) in [5.41, 5.74) is 2.30. The Labute approximate surface area is 111 Å². The van der Waals surface area contributed by atoms with Crippen LogP contribution >= 0.6 is 11.3 Å². The second-order valence-corrected chi connectivity index (χ2v) is 5.53. The van der Waals surface area contributed by atoms with Gasteiger partial charge in [0, 0.05) is 23.5 Å². The predicted molar refractivity (Wildman–Crippen MR) is 73.7 cm³/mol. The van der Waals surface area contributed by atoms with Crippen molar-refractivity contribution in [1.82, 2.24) is 20.5 Å². The van der Waals surface area contributed by atoms with E-state index in [-0.39, 0.29) is 6.04 Å². The normalized spacial score (nSPS) is 12.6. The van der Waals surface area contributed by atoms with Crippen molar-refractivity contribution in [2.45, 2.75) is 33.2 Å². The Morgan fingerprint density at radius 1 is 1.33 bits per heavy atom. The van der Waals surface area contributed by atoms with E-state index in [1.807, 2.05) is 12.3 Å². The summed E-state index contributed by atoms with van der Waals surface area (Å²) in [5.74, 6) is 0. The largest absolute Gasteiger partial charge is 0.310 e. The van der Waals surface area contributed by atoms with Crippen molar-refractivity contribution in [3.05, 3.63) is 39.6 Å². The first-order valence-corrected chi connectivity index (χ1v) is 6.95. The second-order valence-electron chi connectivity index (χ2n) is 4.24. The first-order chi connectivity index (χ1) is 8.70. The third kappa shape index (κ3) is 3.11. The lowest BCUT2D eigenvalue weighted by molar-refractivity contribution is 0.545. The average molecular weight is 262 g/mol. The highest BCUT2D eigenvalue weighted by Gasteiger charge is 2.14.